The number of hydrogen-bond donors (Lipinski definition) is 2. The number of nitrogens with one attached hydrogen (secondary N) is 2. The fraction of sp³-hybridized carbons (Fsp3) is 0.357. The van der Waals surface area contributed by atoms with Gasteiger partial charge in [-0.15, -0.1) is 0 Å². The summed E-state index contributed by atoms with van der Waals surface area (Å²) < 4.78 is 19.6. The van der Waals surface area contributed by atoms with E-state index in [9.17, 15) is 9.18 Å². The Kier molecular flexibility index (Phi) is 3.81. The number of ether oxygens (including phenoxy) is 1. The van der Waals surface area contributed by atoms with Gasteiger partial charge in [-0.1, -0.05) is 0 Å². The zero-order chi connectivity index (χ0) is 14.7. The Morgan fingerprint density at radius 3 is 2.86 bits per heavy atom. The largest absolute Gasteiger partial charge is 0.487 e. The molecule has 1 amide bonds. The number of anilines is 1. The molecule has 7 heteroatoms. The maximum Gasteiger partial charge on any atom is 0.277 e. The monoisotopic (exact) mass is 290 g/mol. The smallest absolute Gasteiger partial charge is 0.277 e. The summed E-state index contributed by atoms with van der Waals surface area (Å²) in [6, 6.07) is 4.37. The van der Waals surface area contributed by atoms with Gasteiger partial charge < -0.3 is 10.1 Å². The topological polar surface area (TPSA) is 79.9 Å². The van der Waals surface area contributed by atoms with Crippen LogP contribution in [-0.2, 0) is 0 Å². The van der Waals surface area contributed by atoms with Gasteiger partial charge in [0.1, 0.15) is 0 Å². The van der Waals surface area contributed by atoms with Crippen molar-refractivity contribution in [3.05, 3.63) is 35.9 Å². The second-order valence-corrected chi connectivity index (χ2v) is 4.98. The molecule has 2 N–H and O–H groups in total. The zero-order valence-corrected chi connectivity index (χ0v) is 11.3. The van der Waals surface area contributed by atoms with Crippen molar-refractivity contribution in [1.82, 2.24) is 15.4 Å². The first-order valence-electron chi connectivity index (χ1n) is 6.86. The van der Waals surface area contributed by atoms with Gasteiger partial charge in [0, 0.05) is 11.8 Å². The first-order chi connectivity index (χ1) is 10.2. The number of carbonyl (C=O) groups excluding carboxylic acids is 1. The summed E-state index contributed by atoms with van der Waals surface area (Å²) >= 11 is 0. The Morgan fingerprint density at radius 1 is 1.38 bits per heavy atom. The van der Waals surface area contributed by atoms with Crippen molar-refractivity contribution in [2.75, 3.05) is 5.32 Å². The van der Waals surface area contributed by atoms with Crippen molar-refractivity contribution in [2.45, 2.75) is 31.8 Å². The number of carbonyl (C=O) groups is 1. The van der Waals surface area contributed by atoms with Crippen LogP contribution >= 0.6 is 0 Å². The van der Waals surface area contributed by atoms with Crippen LogP contribution in [0.1, 0.15) is 36.2 Å². The van der Waals surface area contributed by atoms with Crippen LogP contribution in [0.5, 0.6) is 5.75 Å². The van der Waals surface area contributed by atoms with E-state index >= 15 is 0 Å². The summed E-state index contributed by atoms with van der Waals surface area (Å²) in [4.78, 5) is 11.8. The number of aromatic amines is 1. The van der Waals surface area contributed by atoms with Gasteiger partial charge in [-0.3, -0.25) is 4.79 Å². The van der Waals surface area contributed by atoms with Crippen LogP contribution in [0.3, 0.4) is 0 Å². The minimum absolute atomic E-state index is 0.0927. The Morgan fingerprint density at radius 2 is 2.19 bits per heavy atom. The van der Waals surface area contributed by atoms with Gasteiger partial charge in [0.15, 0.2) is 17.3 Å². The second kappa shape index (κ2) is 5.90. The van der Waals surface area contributed by atoms with Crippen LogP contribution < -0.4 is 10.1 Å². The minimum atomic E-state index is -0.486. The van der Waals surface area contributed by atoms with Gasteiger partial charge >= 0.3 is 0 Å². The standard InChI is InChI=1S/C14H15FN4O2/c15-11-7-9(17-14(20)12-8-16-19-18-12)5-6-13(11)21-10-3-1-2-4-10/h5-8,10H,1-4H2,(H,17,20)(H,16,18,19). The average Bonchev–Trinajstić information content (AvgIpc) is 3.14. The summed E-state index contributed by atoms with van der Waals surface area (Å²) in [6.07, 6.45) is 5.56. The quantitative estimate of drug-likeness (QED) is 0.906. The van der Waals surface area contributed by atoms with E-state index in [0.717, 1.165) is 25.7 Å². The Bertz CT molecular complexity index is 624. The molecule has 0 saturated heterocycles. The maximum atomic E-state index is 14.0. The third kappa shape index (κ3) is 3.18. The Hall–Kier alpha value is -2.44. The van der Waals surface area contributed by atoms with Crippen LogP contribution in [0.4, 0.5) is 10.1 Å². The van der Waals surface area contributed by atoms with Gasteiger partial charge in [-0.25, -0.2) is 4.39 Å². The lowest BCUT2D eigenvalue weighted by Crippen LogP contribution is -2.14. The average molecular weight is 290 g/mol. The van der Waals surface area contributed by atoms with Crippen LogP contribution in [0.15, 0.2) is 24.4 Å². The summed E-state index contributed by atoms with van der Waals surface area (Å²) in [5, 5.41) is 12.1. The van der Waals surface area contributed by atoms with Crippen LogP contribution in [0.25, 0.3) is 0 Å². The molecule has 3 rings (SSSR count). The van der Waals surface area contributed by atoms with Gasteiger partial charge in [0.25, 0.3) is 5.91 Å². The molecule has 1 aliphatic rings. The first kappa shape index (κ1) is 13.5. The molecule has 2 aromatic rings. The Balaban J connectivity index is 1.67. The summed E-state index contributed by atoms with van der Waals surface area (Å²) in [5.74, 6) is -0.714. The molecule has 110 valence electrons. The highest BCUT2D eigenvalue weighted by atomic mass is 19.1. The molecule has 0 radical (unpaired) electrons. The molecule has 6 nitrogen and oxygen atoms in total. The van der Waals surface area contributed by atoms with Gasteiger partial charge in [-0.2, -0.15) is 15.4 Å². The second-order valence-electron chi connectivity index (χ2n) is 4.98. The van der Waals surface area contributed by atoms with E-state index < -0.39 is 11.7 Å². The molecule has 1 aromatic carbocycles. The molecular weight excluding hydrogens is 275 g/mol. The third-order valence-corrected chi connectivity index (χ3v) is 3.43. The number of aromatic nitrogens is 3. The molecule has 1 heterocycles. The summed E-state index contributed by atoms with van der Waals surface area (Å²) in [7, 11) is 0. The first-order valence-corrected chi connectivity index (χ1v) is 6.86. The van der Waals surface area contributed by atoms with Crippen molar-refractivity contribution in [2.24, 2.45) is 0 Å². The lowest BCUT2D eigenvalue weighted by molar-refractivity contribution is 0.102. The highest BCUT2D eigenvalue weighted by molar-refractivity contribution is 6.02. The lowest BCUT2D eigenvalue weighted by atomic mass is 10.2. The van der Waals surface area contributed by atoms with E-state index in [2.05, 4.69) is 20.7 Å². The fourth-order valence-corrected chi connectivity index (χ4v) is 2.37. The van der Waals surface area contributed by atoms with E-state index in [1.54, 1.807) is 6.07 Å². The molecule has 0 spiro atoms. The number of rotatable bonds is 4. The number of hydrogen-bond acceptors (Lipinski definition) is 4. The number of nitrogens with zero attached hydrogens (tertiary/aromatic N) is 2. The van der Waals surface area contributed by atoms with Crippen molar-refractivity contribution >= 4 is 11.6 Å². The predicted octanol–water partition coefficient (Wildman–Crippen LogP) is 2.52. The Labute approximate surface area is 120 Å². The molecule has 0 atom stereocenters. The van der Waals surface area contributed by atoms with Gasteiger partial charge in [-0.05, 0) is 37.8 Å². The number of halogens is 1. The number of H-pyrrole nitrogens is 1. The SMILES string of the molecule is O=C(Nc1ccc(OC2CCCC2)c(F)c1)c1cn[nH]n1. The van der Waals surface area contributed by atoms with Crippen LogP contribution in [-0.4, -0.2) is 27.4 Å². The van der Waals surface area contributed by atoms with Gasteiger partial charge in [0.2, 0.25) is 0 Å². The molecule has 1 aliphatic carbocycles. The molecule has 1 aromatic heterocycles. The fourth-order valence-electron chi connectivity index (χ4n) is 2.37. The van der Waals surface area contributed by atoms with Crippen molar-refractivity contribution in [1.29, 1.82) is 0 Å². The highest BCUT2D eigenvalue weighted by Crippen LogP contribution is 2.27. The van der Waals surface area contributed by atoms with Crippen LogP contribution in [0.2, 0.25) is 0 Å². The van der Waals surface area contributed by atoms with E-state index in [4.69, 9.17) is 4.74 Å². The van der Waals surface area contributed by atoms with Crippen molar-refractivity contribution in [3.8, 4) is 5.75 Å². The summed E-state index contributed by atoms with van der Waals surface area (Å²) in [5.41, 5.74) is 0.487. The number of benzene rings is 1. The van der Waals surface area contributed by atoms with E-state index in [0.29, 0.717) is 5.69 Å². The molecule has 1 saturated carbocycles. The predicted molar refractivity (Wildman–Crippen MR) is 73.6 cm³/mol. The maximum absolute atomic E-state index is 14.0. The molecule has 0 aliphatic heterocycles. The normalized spacial score (nSPS) is 15.1. The van der Waals surface area contributed by atoms with Crippen molar-refractivity contribution < 1.29 is 13.9 Å². The zero-order valence-electron chi connectivity index (χ0n) is 11.3. The minimum Gasteiger partial charge on any atom is -0.487 e. The van der Waals surface area contributed by atoms with E-state index in [1.165, 1.54) is 18.3 Å². The third-order valence-electron chi connectivity index (χ3n) is 3.43. The lowest BCUT2D eigenvalue weighted by Gasteiger charge is -2.14. The summed E-state index contributed by atoms with van der Waals surface area (Å²) in [6.45, 7) is 0. The van der Waals surface area contributed by atoms with Crippen molar-refractivity contribution in [3.63, 3.8) is 0 Å². The number of amides is 1. The molecular formula is C14H15FN4O2. The molecule has 21 heavy (non-hydrogen) atoms. The molecule has 0 unspecified atom stereocenters. The molecule has 1 fully saturated rings. The van der Waals surface area contributed by atoms with E-state index in [-0.39, 0.29) is 17.5 Å². The molecule has 0 bridgehead atoms. The highest BCUT2D eigenvalue weighted by Gasteiger charge is 2.18. The van der Waals surface area contributed by atoms with Crippen LogP contribution in [0, 0.1) is 5.82 Å². The van der Waals surface area contributed by atoms with Gasteiger partial charge in [0.05, 0.1) is 12.3 Å². The van der Waals surface area contributed by atoms with E-state index in [1.807, 2.05) is 0 Å².